The van der Waals surface area contributed by atoms with E-state index in [4.69, 9.17) is 21.3 Å². The van der Waals surface area contributed by atoms with Crippen molar-refractivity contribution >= 4 is 17.5 Å². The molecule has 0 saturated carbocycles. The van der Waals surface area contributed by atoms with Gasteiger partial charge in [0.05, 0.1) is 17.3 Å². The second-order valence-electron chi connectivity index (χ2n) is 8.89. The van der Waals surface area contributed by atoms with Gasteiger partial charge in [0, 0.05) is 47.5 Å². The molecule has 0 unspecified atom stereocenters. The largest absolute Gasteiger partial charge is 0.491 e. The molecule has 6 nitrogen and oxygen atoms in total. The molecule has 1 heterocycles. The molecule has 6 heteroatoms. The monoisotopic (exact) mass is 405 g/mol. The number of piperidine rings is 1. The second kappa shape index (κ2) is 9.10. The lowest BCUT2D eigenvalue weighted by Gasteiger charge is -2.46. The van der Waals surface area contributed by atoms with Gasteiger partial charge in [0.2, 0.25) is 0 Å². The van der Waals surface area contributed by atoms with E-state index in [1.54, 1.807) is 30.4 Å². The first kappa shape index (κ1) is 23.1. The van der Waals surface area contributed by atoms with Crippen molar-refractivity contribution in [1.82, 2.24) is 5.32 Å². The van der Waals surface area contributed by atoms with E-state index in [2.05, 4.69) is 45.7 Å². The maximum Gasteiger partial charge on any atom is 0.112 e. The summed E-state index contributed by atoms with van der Waals surface area (Å²) < 4.78 is 6.06. The first-order chi connectivity index (χ1) is 14.0. The van der Waals surface area contributed by atoms with Crippen LogP contribution in [0.5, 0.6) is 0 Å². The van der Waals surface area contributed by atoms with Gasteiger partial charge in [-0.15, -0.1) is 0 Å². The van der Waals surface area contributed by atoms with Crippen molar-refractivity contribution in [1.29, 1.82) is 16.1 Å². The number of benzene rings is 1. The molecule has 158 valence electrons. The fourth-order valence-corrected chi connectivity index (χ4v) is 4.11. The van der Waals surface area contributed by atoms with Crippen LogP contribution in [-0.4, -0.2) is 29.1 Å². The van der Waals surface area contributed by atoms with E-state index in [-0.39, 0.29) is 22.9 Å². The van der Waals surface area contributed by atoms with Gasteiger partial charge in [-0.25, -0.2) is 0 Å². The molecule has 1 aliphatic rings. The van der Waals surface area contributed by atoms with Gasteiger partial charge in [0.15, 0.2) is 0 Å². The average Bonchev–Trinajstić information content (AvgIpc) is 2.64. The molecule has 0 amide bonds. The number of nitriles is 1. The van der Waals surface area contributed by atoms with Gasteiger partial charge < -0.3 is 26.6 Å². The van der Waals surface area contributed by atoms with Crippen LogP contribution in [0.4, 0.5) is 0 Å². The summed E-state index contributed by atoms with van der Waals surface area (Å²) in [6.45, 7) is 12.6. The second-order valence-corrected chi connectivity index (χ2v) is 8.89. The van der Waals surface area contributed by atoms with Gasteiger partial charge >= 0.3 is 0 Å². The maximum absolute atomic E-state index is 9.48. The fraction of sp³-hybridized carbons (Fsp3) is 0.375. The predicted molar refractivity (Wildman–Crippen MR) is 123 cm³/mol. The van der Waals surface area contributed by atoms with Crippen molar-refractivity contribution in [2.75, 3.05) is 0 Å². The molecule has 30 heavy (non-hydrogen) atoms. The van der Waals surface area contributed by atoms with Crippen molar-refractivity contribution in [3.05, 3.63) is 65.6 Å². The Morgan fingerprint density at radius 1 is 1.27 bits per heavy atom. The highest BCUT2D eigenvalue weighted by Gasteiger charge is 2.38. The summed E-state index contributed by atoms with van der Waals surface area (Å²) in [5.74, 6) is 0.491. The number of nitrogens with zero attached hydrogens (tertiary/aromatic N) is 1. The number of nitrogens with one attached hydrogen (secondary N) is 3. The molecule has 0 radical (unpaired) electrons. The van der Waals surface area contributed by atoms with Crippen LogP contribution in [0.1, 0.15) is 57.2 Å². The van der Waals surface area contributed by atoms with E-state index in [1.807, 2.05) is 0 Å². The Bertz CT molecular complexity index is 931. The zero-order valence-electron chi connectivity index (χ0n) is 18.2. The van der Waals surface area contributed by atoms with Crippen LogP contribution in [0.15, 0.2) is 48.9 Å². The van der Waals surface area contributed by atoms with Gasteiger partial charge in [0.25, 0.3) is 0 Å². The van der Waals surface area contributed by atoms with E-state index < -0.39 is 0 Å². The molecule has 5 N–H and O–H groups in total. The number of nitrogens with two attached hydrogens (primary N) is 1. The van der Waals surface area contributed by atoms with E-state index >= 15 is 0 Å². The first-order valence-corrected chi connectivity index (χ1v) is 9.89. The predicted octanol–water partition coefficient (Wildman–Crippen LogP) is 4.27. The molecule has 0 aromatic heterocycles. The molecule has 0 atom stereocenters. The smallest absolute Gasteiger partial charge is 0.112 e. The summed E-state index contributed by atoms with van der Waals surface area (Å²) in [6, 6.07) is 7.18. The Hall–Kier alpha value is -3.17. The molecule has 1 aromatic rings. The van der Waals surface area contributed by atoms with Gasteiger partial charge in [-0.1, -0.05) is 18.7 Å². The standard InChI is InChI=1S/C24H31N5O/c1-16(30-20-11-23(2,3)29-24(4,5)12-20)6-9-22(28)21-8-7-17(10-18(21)13-25)19(14-26)15-27/h6-10,14-15,20,26,28-29H,1,11-12,27H2,2-5H3/b9-6-,19-15+,26-14?,28-22?. The van der Waals surface area contributed by atoms with Gasteiger partial charge in [-0.2, -0.15) is 5.26 Å². The van der Waals surface area contributed by atoms with Gasteiger partial charge in [-0.3, -0.25) is 0 Å². The minimum absolute atomic E-state index is 0.0279. The number of hydrogen-bond acceptors (Lipinski definition) is 6. The summed E-state index contributed by atoms with van der Waals surface area (Å²) in [5.41, 5.74) is 7.66. The summed E-state index contributed by atoms with van der Waals surface area (Å²) in [6.07, 6.45) is 7.48. The van der Waals surface area contributed by atoms with Crippen LogP contribution in [0, 0.1) is 22.1 Å². The highest BCUT2D eigenvalue weighted by atomic mass is 16.5. The minimum Gasteiger partial charge on any atom is -0.491 e. The number of hydrogen-bond donors (Lipinski definition) is 4. The summed E-state index contributed by atoms with van der Waals surface area (Å²) >= 11 is 0. The molecule has 1 aliphatic heterocycles. The SMILES string of the molecule is C=C(/C=C\C(=N)c1ccc(/C(C=N)=C/N)cc1C#N)OC1CC(C)(C)NC(C)(C)C1. The molecule has 0 aliphatic carbocycles. The van der Waals surface area contributed by atoms with E-state index in [0.717, 1.165) is 19.1 Å². The third kappa shape index (κ3) is 5.91. The third-order valence-corrected chi connectivity index (χ3v) is 5.01. The molecular weight excluding hydrogens is 374 g/mol. The van der Waals surface area contributed by atoms with Crippen LogP contribution >= 0.6 is 0 Å². The van der Waals surface area contributed by atoms with Crippen LogP contribution < -0.4 is 11.1 Å². The topological polar surface area (TPSA) is 119 Å². The molecule has 1 saturated heterocycles. The van der Waals surface area contributed by atoms with E-state index in [9.17, 15) is 5.26 Å². The summed E-state index contributed by atoms with van der Waals surface area (Å²) in [5, 5.41) is 28.9. The van der Waals surface area contributed by atoms with Crippen LogP contribution in [0.25, 0.3) is 5.57 Å². The molecule has 1 fully saturated rings. The van der Waals surface area contributed by atoms with Crippen molar-refractivity contribution in [2.24, 2.45) is 5.73 Å². The lowest BCUT2D eigenvalue weighted by atomic mass is 9.81. The maximum atomic E-state index is 9.48. The highest BCUT2D eigenvalue weighted by Crippen LogP contribution is 2.31. The third-order valence-electron chi connectivity index (χ3n) is 5.01. The van der Waals surface area contributed by atoms with E-state index in [1.165, 1.54) is 6.20 Å². The molecule has 2 rings (SSSR count). The number of ether oxygens (including phenoxy) is 1. The Morgan fingerprint density at radius 3 is 2.43 bits per heavy atom. The van der Waals surface area contributed by atoms with E-state index in [0.29, 0.717) is 28.0 Å². The zero-order chi connectivity index (χ0) is 22.5. The van der Waals surface area contributed by atoms with Crippen LogP contribution in [0.3, 0.4) is 0 Å². The molecule has 0 bridgehead atoms. The minimum atomic E-state index is -0.0279. The lowest BCUT2D eigenvalue weighted by molar-refractivity contribution is 0.0189. The number of rotatable bonds is 7. The zero-order valence-corrected chi connectivity index (χ0v) is 18.2. The van der Waals surface area contributed by atoms with Crippen molar-refractivity contribution in [2.45, 2.75) is 57.7 Å². The molecule has 0 spiro atoms. The van der Waals surface area contributed by atoms with Crippen molar-refractivity contribution < 1.29 is 4.74 Å². The number of allylic oxidation sites excluding steroid dienone is 3. The normalized spacial score (nSPS) is 18.6. The Morgan fingerprint density at radius 2 is 1.90 bits per heavy atom. The molecular formula is C24H31N5O. The van der Waals surface area contributed by atoms with Gasteiger partial charge in [-0.05, 0) is 51.5 Å². The average molecular weight is 406 g/mol. The summed E-state index contributed by atoms with van der Waals surface area (Å²) in [4.78, 5) is 0. The first-order valence-electron chi connectivity index (χ1n) is 9.89. The Labute approximate surface area is 179 Å². The summed E-state index contributed by atoms with van der Waals surface area (Å²) in [7, 11) is 0. The quantitative estimate of drug-likeness (QED) is 0.308. The van der Waals surface area contributed by atoms with Crippen molar-refractivity contribution in [3.8, 4) is 6.07 Å². The van der Waals surface area contributed by atoms with Gasteiger partial charge in [0.1, 0.15) is 11.9 Å². The lowest BCUT2D eigenvalue weighted by Crippen LogP contribution is -2.59. The Kier molecular flexibility index (Phi) is 7.01. The Balaban J connectivity index is 2.11. The molecule has 1 aromatic carbocycles. The van der Waals surface area contributed by atoms with Crippen LogP contribution in [-0.2, 0) is 4.74 Å². The fourth-order valence-electron chi connectivity index (χ4n) is 4.11. The van der Waals surface area contributed by atoms with Crippen molar-refractivity contribution in [3.63, 3.8) is 0 Å². The highest BCUT2D eigenvalue weighted by molar-refractivity contribution is 6.11. The van der Waals surface area contributed by atoms with Crippen LogP contribution in [0.2, 0.25) is 0 Å².